The molecule has 32 heavy (non-hydrogen) atoms. The van der Waals surface area contributed by atoms with Crippen LogP contribution in [0.2, 0.25) is 0 Å². The third kappa shape index (κ3) is 4.55. The molecule has 1 fully saturated rings. The molecule has 0 unspecified atom stereocenters. The Morgan fingerprint density at radius 3 is 2.53 bits per heavy atom. The van der Waals surface area contributed by atoms with Crippen molar-refractivity contribution in [3.8, 4) is 11.5 Å². The average Bonchev–Trinajstić information content (AvgIpc) is 3.39. The summed E-state index contributed by atoms with van der Waals surface area (Å²) in [7, 11) is -1.97. The first kappa shape index (κ1) is 22.1. The molecule has 170 valence electrons. The number of imidazole rings is 1. The summed E-state index contributed by atoms with van der Waals surface area (Å²) in [6.45, 7) is 1.96. The molecule has 0 radical (unpaired) electrons. The fraction of sp³-hybridized carbons (Fsp3) is 0.400. The van der Waals surface area contributed by atoms with Crippen LogP contribution >= 0.6 is 0 Å². The molecule has 2 aromatic heterocycles. The van der Waals surface area contributed by atoms with Crippen LogP contribution in [0.15, 0.2) is 40.0 Å². The van der Waals surface area contributed by atoms with E-state index >= 15 is 0 Å². The van der Waals surface area contributed by atoms with E-state index in [2.05, 4.69) is 15.1 Å². The fourth-order valence-electron chi connectivity index (χ4n) is 3.39. The number of sulfonamides is 1. The number of halogens is 1. The zero-order valence-corrected chi connectivity index (χ0v) is 18.4. The summed E-state index contributed by atoms with van der Waals surface area (Å²) in [6.07, 6.45) is 2.17. The smallest absolute Gasteiger partial charge is 0.309 e. The lowest BCUT2D eigenvalue weighted by atomic mass is 9.98. The van der Waals surface area contributed by atoms with Crippen LogP contribution in [-0.4, -0.2) is 51.5 Å². The van der Waals surface area contributed by atoms with Crippen LogP contribution in [0.5, 0.6) is 0 Å². The van der Waals surface area contributed by atoms with Gasteiger partial charge in [-0.25, -0.2) is 17.8 Å². The van der Waals surface area contributed by atoms with Crippen LogP contribution < -0.4 is 0 Å². The zero-order chi connectivity index (χ0) is 22.9. The molecule has 12 heteroatoms. The van der Waals surface area contributed by atoms with Gasteiger partial charge in [-0.05, 0) is 44.0 Å². The number of piperidine rings is 1. The van der Waals surface area contributed by atoms with Crippen molar-refractivity contribution in [2.75, 3.05) is 13.1 Å². The Hall–Kier alpha value is -3.12. The molecule has 0 aliphatic carbocycles. The third-order valence-corrected chi connectivity index (χ3v) is 7.15. The molecular formula is C20H22FN5O5S. The molecule has 0 bridgehead atoms. The molecule has 1 aliphatic heterocycles. The normalized spacial score (nSPS) is 15.7. The summed E-state index contributed by atoms with van der Waals surface area (Å²) >= 11 is 0. The minimum atomic E-state index is -3.70. The van der Waals surface area contributed by atoms with Gasteiger partial charge < -0.3 is 13.8 Å². The first-order valence-electron chi connectivity index (χ1n) is 9.99. The number of esters is 1. The lowest BCUT2D eigenvalue weighted by molar-refractivity contribution is -0.151. The van der Waals surface area contributed by atoms with Gasteiger partial charge in [0.25, 0.3) is 15.9 Å². The second kappa shape index (κ2) is 8.79. The van der Waals surface area contributed by atoms with E-state index in [9.17, 15) is 17.6 Å². The predicted molar refractivity (Wildman–Crippen MR) is 109 cm³/mol. The van der Waals surface area contributed by atoms with Crippen molar-refractivity contribution in [2.45, 2.75) is 31.4 Å². The van der Waals surface area contributed by atoms with Crippen molar-refractivity contribution in [3.05, 3.63) is 47.9 Å². The third-order valence-electron chi connectivity index (χ3n) is 5.38. The summed E-state index contributed by atoms with van der Waals surface area (Å²) < 4.78 is 51.9. The molecule has 1 saturated heterocycles. The summed E-state index contributed by atoms with van der Waals surface area (Å²) in [6, 6.07) is 5.57. The molecule has 4 rings (SSSR count). The Balaban J connectivity index is 1.30. The van der Waals surface area contributed by atoms with Crippen molar-refractivity contribution in [1.82, 2.24) is 24.0 Å². The maximum absolute atomic E-state index is 13.0. The van der Waals surface area contributed by atoms with Crippen LogP contribution in [0, 0.1) is 18.7 Å². The van der Waals surface area contributed by atoms with Gasteiger partial charge in [0, 0.05) is 31.9 Å². The Labute approximate surface area is 184 Å². The Kier molecular flexibility index (Phi) is 6.07. The lowest BCUT2D eigenvalue weighted by Gasteiger charge is -2.29. The van der Waals surface area contributed by atoms with Crippen LogP contribution in [0.4, 0.5) is 4.39 Å². The van der Waals surface area contributed by atoms with Gasteiger partial charge in [0.2, 0.25) is 5.82 Å². The van der Waals surface area contributed by atoms with Crippen molar-refractivity contribution < 1.29 is 26.9 Å². The molecule has 1 aliphatic rings. The van der Waals surface area contributed by atoms with Crippen molar-refractivity contribution in [2.24, 2.45) is 13.0 Å². The van der Waals surface area contributed by atoms with Crippen molar-refractivity contribution in [3.63, 3.8) is 0 Å². The second-order valence-corrected chi connectivity index (χ2v) is 9.43. The molecule has 10 nitrogen and oxygen atoms in total. The first-order chi connectivity index (χ1) is 15.2. The number of aryl methyl sites for hydroxylation is 2. The maximum atomic E-state index is 13.0. The molecule has 0 spiro atoms. The highest BCUT2D eigenvalue weighted by molar-refractivity contribution is 7.89. The number of hydrogen-bond donors (Lipinski definition) is 0. The summed E-state index contributed by atoms with van der Waals surface area (Å²) in [5.41, 5.74) is 0.549. The van der Waals surface area contributed by atoms with E-state index in [1.54, 1.807) is 18.5 Å². The average molecular weight is 463 g/mol. The molecule has 3 heterocycles. The highest BCUT2D eigenvalue weighted by atomic mass is 32.2. The molecule has 0 amide bonds. The lowest BCUT2D eigenvalue weighted by Crippen LogP contribution is -2.40. The van der Waals surface area contributed by atoms with Gasteiger partial charge in [-0.15, -0.1) is 0 Å². The number of rotatable bonds is 6. The minimum absolute atomic E-state index is 0.00703. The molecule has 0 atom stereocenters. The number of ether oxygens (including phenoxy) is 1. The molecule has 3 aromatic rings. The largest absolute Gasteiger partial charge is 0.457 e. The summed E-state index contributed by atoms with van der Waals surface area (Å²) in [5.74, 6) is -0.260. The number of carbonyl (C=O) groups is 1. The van der Waals surface area contributed by atoms with E-state index in [-0.39, 0.29) is 42.3 Å². The molecular weight excluding hydrogens is 441 g/mol. The standard InChI is InChI=1S/C20H22FN5O5S/c1-13-22-18(11-25(13)2)32(28,29)26-9-7-15(8-10-26)20(27)30-12-17-23-19(31-24-17)14-3-5-16(21)6-4-14/h3-6,11,15H,7-10,12H2,1-2H3. The van der Waals surface area contributed by atoms with Crippen LogP contribution in [0.3, 0.4) is 0 Å². The Bertz CT molecular complexity index is 1190. The van der Waals surface area contributed by atoms with E-state index in [1.165, 1.54) is 34.8 Å². The predicted octanol–water partition coefficient (Wildman–Crippen LogP) is 2.06. The SMILES string of the molecule is Cc1nc(S(=O)(=O)N2CCC(C(=O)OCc3noc(-c4ccc(F)cc4)n3)CC2)cn1C. The first-order valence-corrected chi connectivity index (χ1v) is 11.4. The summed E-state index contributed by atoms with van der Waals surface area (Å²) in [5, 5.41) is 3.77. The molecule has 1 aromatic carbocycles. The number of carbonyl (C=O) groups excluding carboxylic acids is 1. The minimum Gasteiger partial charge on any atom is -0.457 e. The van der Waals surface area contributed by atoms with Crippen LogP contribution in [0.25, 0.3) is 11.5 Å². The highest BCUT2D eigenvalue weighted by Gasteiger charge is 2.34. The van der Waals surface area contributed by atoms with Crippen molar-refractivity contribution >= 4 is 16.0 Å². The van der Waals surface area contributed by atoms with Crippen molar-refractivity contribution in [1.29, 1.82) is 0 Å². The maximum Gasteiger partial charge on any atom is 0.309 e. The van der Waals surface area contributed by atoms with Gasteiger partial charge in [-0.2, -0.15) is 9.29 Å². The molecule has 0 N–H and O–H groups in total. The van der Waals surface area contributed by atoms with Crippen LogP contribution in [0.1, 0.15) is 24.5 Å². The van der Waals surface area contributed by atoms with Gasteiger partial charge in [0.05, 0.1) is 5.92 Å². The fourth-order valence-corrected chi connectivity index (χ4v) is 4.89. The monoisotopic (exact) mass is 463 g/mol. The topological polar surface area (TPSA) is 120 Å². The van der Waals surface area contributed by atoms with Gasteiger partial charge in [-0.3, -0.25) is 4.79 Å². The number of hydrogen-bond acceptors (Lipinski definition) is 8. The number of aromatic nitrogens is 4. The highest BCUT2D eigenvalue weighted by Crippen LogP contribution is 2.25. The van der Waals surface area contributed by atoms with Crippen LogP contribution in [-0.2, 0) is 33.2 Å². The van der Waals surface area contributed by atoms with Gasteiger partial charge in [0.15, 0.2) is 11.6 Å². The van der Waals surface area contributed by atoms with E-state index in [0.717, 1.165) is 0 Å². The molecule has 0 saturated carbocycles. The summed E-state index contributed by atoms with van der Waals surface area (Å²) in [4.78, 5) is 20.7. The Morgan fingerprint density at radius 1 is 1.22 bits per heavy atom. The quantitative estimate of drug-likeness (QED) is 0.510. The Morgan fingerprint density at radius 2 is 1.91 bits per heavy atom. The number of benzene rings is 1. The van der Waals surface area contributed by atoms with E-state index in [0.29, 0.717) is 24.2 Å². The zero-order valence-electron chi connectivity index (χ0n) is 17.6. The van der Waals surface area contributed by atoms with Gasteiger partial charge in [0.1, 0.15) is 11.6 Å². The van der Waals surface area contributed by atoms with E-state index in [1.807, 2.05) is 0 Å². The van der Waals surface area contributed by atoms with E-state index in [4.69, 9.17) is 9.26 Å². The van der Waals surface area contributed by atoms with Gasteiger partial charge in [-0.1, -0.05) is 5.16 Å². The second-order valence-electron chi connectivity index (χ2n) is 7.55. The van der Waals surface area contributed by atoms with E-state index < -0.39 is 21.9 Å². The van der Waals surface area contributed by atoms with Gasteiger partial charge >= 0.3 is 5.97 Å². The number of nitrogens with zero attached hydrogens (tertiary/aromatic N) is 5.